The van der Waals surface area contributed by atoms with Gasteiger partial charge < -0.3 is 4.74 Å². The van der Waals surface area contributed by atoms with E-state index in [-0.39, 0.29) is 5.91 Å². The Morgan fingerprint density at radius 1 is 1.46 bits per heavy atom. The number of anilines is 1. The predicted molar refractivity (Wildman–Crippen MR) is 100 cm³/mol. The summed E-state index contributed by atoms with van der Waals surface area (Å²) in [4.78, 5) is 19.1. The molecule has 1 amide bonds. The largest absolute Gasteiger partial charge is 0.377 e. The van der Waals surface area contributed by atoms with Gasteiger partial charge in [0.1, 0.15) is 5.82 Å². The maximum atomic E-state index is 12.5. The van der Waals surface area contributed by atoms with Crippen LogP contribution in [0.2, 0.25) is 0 Å². The van der Waals surface area contributed by atoms with E-state index in [9.17, 15) is 4.79 Å². The Bertz CT molecular complexity index is 733. The molecule has 26 heavy (non-hydrogen) atoms. The third-order valence-corrected chi connectivity index (χ3v) is 4.73. The van der Waals surface area contributed by atoms with Gasteiger partial charge in [-0.15, -0.1) is 5.10 Å². The van der Waals surface area contributed by atoms with Crippen molar-refractivity contribution in [3.63, 3.8) is 0 Å². The summed E-state index contributed by atoms with van der Waals surface area (Å²) >= 11 is 0. The molecule has 0 spiro atoms. The van der Waals surface area contributed by atoms with Crippen molar-refractivity contribution in [2.24, 2.45) is 7.05 Å². The van der Waals surface area contributed by atoms with Gasteiger partial charge in [0.05, 0.1) is 6.10 Å². The number of carbonyl (C=O) groups is 1. The van der Waals surface area contributed by atoms with E-state index < -0.39 is 0 Å². The van der Waals surface area contributed by atoms with Crippen LogP contribution in [-0.4, -0.2) is 51.4 Å². The molecule has 1 saturated heterocycles. The summed E-state index contributed by atoms with van der Waals surface area (Å²) in [5.74, 6) is 0.885. The minimum atomic E-state index is -0.195. The van der Waals surface area contributed by atoms with Crippen molar-refractivity contribution in [1.29, 1.82) is 0 Å². The molecule has 1 N–H and O–H groups in total. The van der Waals surface area contributed by atoms with Crippen LogP contribution in [0.25, 0.3) is 0 Å². The highest BCUT2D eigenvalue weighted by molar-refractivity contribution is 6.03. The fourth-order valence-electron chi connectivity index (χ4n) is 3.14. The van der Waals surface area contributed by atoms with Crippen molar-refractivity contribution in [3.05, 3.63) is 41.2 Å². The summed E-state index contributed by atoms with van der Waals surface area (Å²) in [6.45, 7) is 7.56. The Morgan fingerprint density at radius 3 is 2.96 bits per heavy atom. The molecule has 1 aliphatic heterocycles. The quantitative estimate of drug-likeness (QED) is 0.824. The lowest BCUT2D eigenvalue weighted by Gasteiger charge is -2.23. The van der Waals surface area contributed by atoms with E-state index in [1.165, 1.54) is 0 Å². The molecule has 1 atom stereocenters. The average molecular weight is 357 g/mol. The lowest BCUT2D eigenvalue weighted by Crippen LogP contribution is -2.31. The number of ether oxygens (including phenoxy) is 1. The maximum absolute atomic E-state index is 12.5. The van der Waals surface area contributed by atoms with Crippen molar-refractivity contribution in [1.82, 2.24) is 19.7 Å². The van der Waals surface area contributed by atoms with Crippen LogP contribution in [0.4, 0.5) is 5.95 Å². The van der Waals surface area contributed by atoms with Crippen LogP contribution < -0.4 is 5.32 Å². The Balaban J connectivity index is 1.63. The molecule has 0 bridgehead atoms. The van der Waals surface area contributed by atoms with Gasteiger partial charge in [0.15, 0.2) is 0 Å². The lowest BCUT2D eigenvalue weighted by molar-refractivity contribution is 0.0724. The Morgan fingerprint density at radius 2 is 2.31 bits per heavy atom. The first-order valence-corrected chi connectivity index (χ1v) is 9.17. The van der Waals surface area contributed by atoms with E-state index >= 15 is 0 Å². The SMILES string of the molecule is CCN(Cc1cccc(C(=O)Nc2nc(C)n(C)n2)c1)CC1CCCO1. The number of benzene rings is 1. The zero-order valence-electron chi connectivity index (χ0n) is 15.7. The second-order valence-corrected chi connectivity index (χ2v) is 6.72. The number of hydrogen-bond donors (Lipinski definition) is 1. The maximum Gasteiger partial charge on any atom is 0.258 e. The fraction of sp³-hybridized carbons (Fsp3) is 0.526. The summed E-state index contributed by atoms with van der Waals surface area (Å²) < 4.78 is 7.38. The summed E-state index contributed by atoms with van der Waals surface area (Å²) in [7, 11) is 1.80. The molecular formula is C19H27N5O2. The van der Waals surface area contributed by atoms with E-state index in [0.29, 0.717) is 17.6 Å². The third kappa shape index (κ3) is 4.68. The van der Waals surface area contributed by atoms with E-state index in [1.807, 2.05) is 25.1 Å². The highest BCUT2D eigenvalue weighted by atomic mass is 16.5. The Hall–Kier alpha value is -2.25. The Kier molecular flexibility index (Phi) is 6.00. The molecule has 1 aromatic heterocycles. The number of carbonyl (C=O) groups excluding carboxylic acids is 1. The third-order valence-electron chi connectivity index (χ3n) is 4.73. The topological polar surface area (TPSA) is 72.3 Å². The van der Waals surface area contributed by atoms with Crippen LogP contribution in [0.5, 0.6) is 0 Å². The van der Waals surface area contributed by atoms with Gasteiger partial charge in [-0.1, -0.05) is 19.1 Å². The van der Waals surface area contributed by atoms with E-state index in [4.69, 9.17) is 4.74 Å². The van der Waals surface area contributed by atoms with E-state index in [0.717, 1.165) is 50.5 Å². The van der Waals surface area contributed by atoms with Crippen molar-refractivity contribution in [2.45, 2.75) is 39.3 Å². The molecule has 1 aromatic carbocycles. The monoisotopic (exact) mass is 357 g/mol. The zero-order chi connectivity index (χ0) is 18.5. The number of rotatable bonds is 7. The summed E-state index contributed by atoms with van der Waals surface area (Å²) in [5.41, 5.74) is 1.73. The highest BCUT2D eigenvalue weighted by Crippen LogP contribution is 2.16. The van der Waals surface area contributed by atoms with Crippen molar-refractivity contribution < 1.29 is 9.53 Å². The molecule has 7 nitrogen and oxygen atoms in total. The van der Waals surface area contributed by atoms with E-state index in [2.05, 4.69) is 33.3 Å². The zero-order valence-corrected chi connectivity index (χ0v) is 15.7. The van der Waals surface area contributed by atoms with E-state index in [1.54, 1.807) is 11.7 Å². The van der Waals surface area contributed by atoms with Crippen molar-refractivity contribution >= 4 is 11.9 Å². The minimum absolute atomic E-state index is 0.195. The molecule has 140 valence electrons. The van der Waals surface area contributed by atoms with Gasteiger partial charge in [-0.2, -0.15) is 4.98 Å². The second-order valence-electron chi connectivity index (χ2n) is 6.72. The lowest BCUT2D eigenvalue weighted by atomic mass is 10.1. The molecule has 0 aliphatic carbocycles. The first-order valence-electron chi connectivity index (χ1n) is 9.17. The van der Waals surface area contributed by atoms with Crippen molar-refractivity contribution in [3.8, 4) is 0 Å². The molecule has 1 aliphatic rings. The van der Waals surface area contributed by atoms with Crippen LogP contribution in [0.15, 0.2) is 24.3 Å². The van der Waals surface area contributed by atoms with Gasteiger partial charge in [-0.25, -0.2) is 0 Å². The van der Waals surface area contributed by atoms with Gasteiger partial charge in [0.2, 0.25) is 5.95 Å². The van der Waals surface area contributed by atoms with Crippen LogP contribution in [0.3, 0.4) is 0 Å². The molecule has 0 radical (unpaired) electrons. The molecule has 2 heterocycles. The van der Waals surface area contributed by atoms with Crippen LogP contribution >= 0.6 is 0 Å². The highest BCUT2D eigenvalue weighted by Gasteiger charge is 2.19. The number of likely N-dealkylation sites (N-methyl/N-ethyl adjacent to an activating group) is 1. The average Bonchev–Trinajstić information content (AvgIpc) is 3.24. The number of aromatic nitrogens is 3. The minimum Gasteiger partial charge on any atom is -0.377 e. The van der Waals surface area contributed by atoms with Crippen LogP contribution in [0.1, 0.15) is 41.5 Å². The first-order chi connectivity index (χ1) is 12.5. The number of nitrogens with zero attached hydrogens (tertiary/aromatic N) is 4. The number of aryl methyl sites for hydroxylation is 2. The van der Waals surface area contributed by atoms with Gasteiger partial charge >= 0.3 is 0 Å². The number of amides is 1. The smallest absolute Gasteiger partial charge is 0.258 e. The molecule has 3 rings (SSSR count). The number of hydrogen-bond acceptors (Lipinski definition) is 5. The van der Waals surface area contributed by atoms with Gasteiger partial charge in [-0.3, -0.25) is 19.7 Å². The summed E-state index contributed by atoms with van der Waals surface area (Å²) in [5, 5.41) is 6.93. The molecule has 0 saturated carbocycles. The van der Waals surface area contributed by atoms with Crippen LogP contribution in [0, 0.1) is 6.92 Å². The van der Waals surface area contributed by atoms with Crippen molar-refractivity contribution in [2.75, 3.05) is 25.0 Å². The van der Waals surface area contributed by atoms with Gasteiger partial charge in [0.25, 0.3) is 5.91 Å². The second kappa shape index (κ2) is 8.42. The normalized spacial score (nSPS) is 17.0. The summed E-state index contributed by atoms with van der Waals surface area (Å²) in [6, 6.07) is 7.72. The number of nitrogens with one attached hydrogen (secondary N) is 1. The van der Waals surface area contributed by atoms with Gasteiger partial charge in [0, 0.05) is 32.3 Å². The first kappa shape index (κ1) is 18.5. The molecule has 1 fully saturated rings. The summed E-state index contributed by atoms with van der Waals surface area (Å²) in [6.07, 6.45) is 2.62. The molecular weight excluding hydrogens is 330 g/mol. The standard InChI is InChI=1S/C19H27N5O2/c1-4-24(13-17-9-6-10-26-17)12-15-7-5-8-16(11-15)18(25)21-19-20-14(2)23(3)22-19/h5,7-8,11,17H,4,6,9-10,12-13H2,1-3H3,(H,21,22,25). The molecule has 2 aromatic rings. The van der Waals surface area contributed by atoms with Gasteiger partial charge in [-0.05, 0) is 44.0 Å². The molecule has 1 unspecified atom stereocenters. The molecule has 7 heteroatoms. The van der Waals surface area contributed by atoms with Crippen LogP contribution in [-0.2, 0) is 18.3 Å². The fourth-order valence-corrected chi connectivity index (χ4v) is 3.14. The Labute approximate surface area is 154 Å². The predicted octanol–water partition coefficient (Wildman–Crippen LogP) is 2.38.